The third-order valence-electron chi connectivity index (χ3n) is 2.79. The Morgan fingerprint density at radius 1 is 1.53 bits per heavy atom. The van der Waals surface area contributed by atoms with E-state index >= 15 is 0 Å². The van der Waals surface area contributed by atoms with Crippen LogP contribution >= 0.6 is 0 Å². The van der Waals surface area contributed by atoms with Crippen LogP contribution in [0.2, 0.25) is 0 Å². The predicted octanol–water partition coefficient (Wildman–Crippen LogP) is 1.37. The summed E-state index contributed by atoms with van der Waals surface area (Å²) in [6.45, 7) is 5.05. The van der Waals surface area contributed by atoms with Crippen LogP contribution in [0.25, 0.3) is 0 Å². The van der Waals surface area contributed by atoms with Gasteiger partial charge in [-0.15, -0.1) is 0 Å². The van der Waals surface area contributed by atoms with Crippen LogP contribution < -0.4 is 5.56 Å². The molecular formula is C11H15NO3. The van der Waals surface area contributed by atoms with Gasteiger partial charge >= 0.3 is 5.97 Å². The smallest absolute Gasteiger partial charge is 0.329 e. The van der Waals surface area contributed by atoms with Gasteiger partial charge in [-0.2, -0.15) is 0 Å². The van der Waals surface area contributed by atoms with Crippen LogP contribution in [-0.4, -0.2) is 15.6 Å². The molecule has 0 fully saturated rings. The fourth-order valence-corrected chi connectivity index (χ4v) is 1.63. The highest BCUT2D eigenvalue weighted by atomic mass is 16.4. The number of hydrogen-bond donors (Lipinski definition) is 1. The van der Waals surface area contributed by atoms with E-state index in [1.54, 1.807) is 32.9 Å². The lowest BCUT2D eigenvalue weighted by molar-refractivity contribution is -0.147. The quantitative estimate of drug-likeness (QED) is 0.817. The van der Waals surface area contributed by atoms with Gasteiger partial charge in [0.25, 0.3) is 5.56 Å². The summed E-state index contributed by atoms with van der Waals surface area (Å²) in [4.78, 5) is 22.8. The first kappa shape index (κ1) is 11.5. The van der Waals surface area contributed by atoms with Gasteiger partial charge in [-0.1, -0.05) is 13.0 Å². The van der Waals surface area contributed by atoms with Crippen LogP contribution in [0.15, 0.2) is 23.0 Å². The van der Waals surface area contributed by atoms with E-state index in [4.69, 9.17) is 0 Å². The molecule has 0 bridgehead atoms. The average Bonchev–Trinajstić information content (AvgIpc) is 2.16. The summed E-state index contributed by atoms with van der Waals surface area (Å²) < 4.78 is 1.33. The van der Waals surface area contributed by atoms with Crippen molar-refractivity contribution in [2.24, 2.45) is 0 Å². The Balaban J connectivity index is 3.49. The minimum Gasteiger partial charge on any atom is -0.479 e. The lowest BCUT2D eigenvalue weighted by Gasteiger charge is -2.27. The van der Waals surface area contributed by atoms with Crippen molar-refractivity contribution in [3.63, 3.8) is 0 Å². The lowest BCUT2D eigenvalue weighted by Crippen LogP contribution is -2.45. The number of hydrogen-bond acceptors (Lipinski definition) is 2. The van der Waals surface area contributed by atoms with Crippen LogP contribution in [0.1, 0.15) is 26.0 Å². The number of carbonyl (C=O) groups is 1. The van der Waals surface area contributed by atoms with Gasteiger partial charge in [-0.25, -0.2) is 4.79 Å². The molecule has 0 saturated carbocycles. The molecule has 1 aromatic heterocycles. The molecule has 0 amide bonds. The van der Waals surface area contributed by atoms with Crippen molar-refractivity contribution in [1.29, 1.82) is 0 Å². The molecule has 4 heteroatoms. The zero-order valence-corrected chi connectivity index (χ0v) is 9.15. The first-order chi connectivity index (χ1) is 6.93. The molecule has 0 aliphatic heterocycles. The van der Waals surface area contributed by atoms with E-state index in [1.165, 1.54) is 10.6 Å². The molecule has 15 heavy (non-hydrogen) atoms. The molecule has 1 N–H and O–H groups in total. The summed E-state index contributed by atoms with van der Waals surface area (Å²) in [7, 11) is 0. The molecule has 82 valence electrons. The van der Waals surface area contributed by atoms with Crippen LogP contribution in [-0.2, 0) is 10.3 Å². The van der Waals surface area contributed by atoms with Crippen molar-refractivity contribution in [3.8, 4) is 0 Å². The Bertz CT molecular complexity index is 436. The standard InChI is InChI=1S/C11H15NO3/c1-4-11(3,10(14)15)12-8(2)6-5-7-9(12)13/h5-7H,4H2,1-3H3,(H,14,15). The summed E-state index contributed by atoms with van der Waals surface area (Å²) in [5.74, 6) is -0.985. The van der Waals surface area contributed by atoms with Gasteiger partial charge in [0.1, 0.15) is 5.54 Å². The number of carboxylic acid groups (broad SMARTS) is 1. The number of nitrogens with zero attached hydrogens (tertiary/aromatic N) is 1. The van der Waals surface area contributed by atoms with Gasteiger partial charge in [0, 0.05) is 11.8 Å². The summed E-state index contributed by atoms with van der Waals surface area (Å²) in [5, 5.41) is 9.18. The highest BCUT2D eigenvalue weighted by Crippen LogP contribution is 2.20. The van der Waals surface area contributed by atoms with E-state index in [-0.39, 0.29) is 5.56 Å². The number of aliphatic carboxylic acids is 1. The van der Waals surface area contributed by atoms with Crippen molar-refractivity contribution in [3.05, 3.63) is 34.2 Å². The fourth-order valence-electron chi connectivity index (χ4n) is 1.63. The van der Waals surface area contributed by atoms with Crippen LogP contribution in [0.3, 0.4) is 0 Å². The molecule has 1 rings (SSSR count). The molecule has 0 radical (unpaired) electrons. The Morgan fingerprint density at radius 2 is 2.13 bits per heavy atom. The summed E-state index contributed by atoms with van der Waals surface area (Å²) >= 11 is 0. The van der Waals surface area contributed by atoms with Gasteiger partial charge in [0.2, 0.25) is 0 Å². The largest absolute Gasteiger partial charge is 0.479 e. The van der Waals surface area contributed by atoms with Crippen LogP contribution in [0.5, 0.6) is 0 Å². The highest BCUT2D eigenvalue weighted by molar-refractivity contribution is 5.76. The van der Waals surface area contributed by atoms with Crippen molar-refractivity contribution >= 4 is 5.97 Å². The van der Waals surface area contributed by atoms with Crippen molar-refractivity contribution < 1.29 is 9.90 Å². The molecule has 0 saturated heterocycles. The number of pyridine rings is 1. The van der Waals surface area contributed by atoms with Gasteiger partial charge in [0.15, 0.2) is 0 Å². The second-order valence-electron chi connectivity index (χ2n) is 3.77. The minimum absolute atomic E-state index is 0.276. The zero-order chi connectivity index (χ0) is 11.6. The van der Waals surface area contributed by atoms with E-state index in [9.17, 15) is 14.7 Å². The molecular weight excluding hydrogens is 194 g/mol. The van der Waals surface area contributed by atoms with Gasteiger partial charge in [-0.05, 0) is 26.3 Å². The Morgan fingerprint density at radius 3 is 2.53 bits per heavy atom. The van der Waals surface area contributed by atoms with Crippen molar-refractivity contribution in [2.45, 2.75) is 32.7 Å². The molecule has 1 aromatic rings. The van der Waals surface area contributed by atoms with Crippen LogP contribution in [0.4, 0.5) is 0 Å². The second-order valence-corrected chi connectivity index (χ2v) is 3.77. The summed E-state index contributed by atoms with van der Waals surface area (Å²) in [6, 6.07) is 4.74. The van der Waals surface area contributed by atoms with Gasteiger partial charge < -0.3 is 5.11 Å². The monoisotopic (exact) mass is 209 g/mol. The molecule has 0 aromatic carbocycles. The first-order valence-electron chi connectivity index (χ1n) is 4.86. The number of aryl methyl sites for hydroxylation is 1. The predicted molar refractivity (Wildman–Crippen MR) is 57.0 cm³/mol. The Kier molecular flexibility index (Phi) is 2.98. The number of rotatable bonds is 3. The van der Waals surface area contributed by atoms with Crippen LogP contribution in [0, 0.1) is 6.92 Å². The SMILES string of the molecule is CCC(C)(C(=O)O)n1c(C)cccc1=O. The molecule has 1 atom stereocenters. The highest BCUT2D eigenvalue weighted by Gasteiger charge is 2.34. The van der Waals surface area contributed by atoms with E-state index in [1.807, 2.05) is 0 Å². The maximum atomic E-state index is 11.6. The molecule has 0 aliphatic rings. The summed E-state index contributed by atoms with van der Waals surface area (Å²) in [5.41, 5.74) is -0.779. The van der Waals surface area contributed by atoms with Gasteiger partial charge in [-0.3, -0.25) is 9.36 Å². The maximum absolute atomic E-state index is 11.6. The van der Waals surface area contributed by atoms with Crippen molar-refractivity contribution in [2.75, 3.05) is 0 Å². The Labute approximate surface area is 88.2 Å². The van der Waals surface area contributed by atoms with Crippen molar-refractivity contribution in [1.82, 2.24) is 4.57 Å². The molecule has 1 unspecified atom stereocenters. The second kappa shape index (κ2) is 3.88. The van der Waals surface area contributed by atoms with Gasteiger partial charge in [0.05, 0.1) is 0 Å². The molecule has 1 heterocycles. The van der Waals surface area contributed by atoms with E-state index < -0.39 is 11.5 Å². The third-order valence-corrected chi connectivity index (χ3v) is 2.79. The molecule has 4 nitrogen and oxygen atoms in total. The maximum Gasteiger partial charge on any atom is 0.329 e. The topological polar surface area (TPSA) is 59.3 Å². The van der Waals surface area contributed by atoms with E-state index in [0.717, 1.165) is 0 Å². The fraction of sp³-hybridized carbons (Fsp3) is 0.455. The Hall–Kier alpha value is -1.58. The zero-order valence-electron chi connectivity index (χ0n) is 9.15. The van der Waals surface area contributed by atoms with E-state index in [0.29, 0.717) is 12.1 Å². The lowest BCUT2D eigenvalue weighted by atomic mass is 9.98. The third kappa shape index (κ3) is 1.79. The summed E-state index contributed by atoms with van der Waals surface area (Å²) in [6.07, 6.45) is 0.368. The average molecular weight is 209 g/mol. The molecule has 0 spiro atoms. The molecule has 0 aliphatic carbocycles. The number of carboxylic acids is 1. The normalized spacial score (nSPS) is 14.6. The first-order valence-corrected chi connectivity index (χ1v) is 4.86. The number of aromatic nitrogens is 1. The van der Waals surface area contributed by atoms with E-state index in [2.05, 4.69) is 0 Å². The minimum atomic E-state index is -1.16.